The maximum Gasteiger partial charge on any atom is 0.157 e. The number of piperidine rings is 1. The van der Waals surface area contributed by atoms with Crippen molar-refractivity contribution < 1.29 is 0 Å². The number of anilines is 2. The van der Waals surface area contributed by atoms with Crippen molar-refractivity contribution >= 4 is 34.7 Å². The van der Waals surface area contributed by atoms with Gasteiger partial charge in [0.15, 0.2) is 5.82 Å². The fourth-order valence-electron chi connectivity index (χ4n) is 5.50. The lowest BCUT2D eigenvalue weighted by Crippen LogP contribution is -2.54. The molecule has 2 fully saturated rings. The van der Waals surface area contributed by atoms with Gasteiger partial charge in [-0.3, -0.25) is 4.90 Å². The number of hydrogen-bond donors (Lipinski definition) is 1. The second-order valence-electron chi connectivity index (χ2n) is 9.49. The van der Waals surface area contributed by atoms with E-state index in [1.54, 1.807) is 0 Å². The van der Waals surface area contributed by atoms with Gasteiger partial charge in [0.25, 0.3) is 0 Å². The molecule has 1 aromatic heterocycles. The molecule has 2 atom stereocenters. The Morgan fingerprint density at radius 2 is 1.91 bits per heavy atom. The maximum absolute atomic E-state index is 9.41. The third-order valence-corrected chi connectivity index (χ3v) is 7.47. The van der Waals surface area contributed by atoms with Crippen LogP contribution in [-0.2, 0) is 0 Å². The summed E-state index contributed by atoms with van der Waals surface area (Å²) in [5.41, 5.74) is 5.03. The third kappa shape index (κ3) is 4.55. The average molecular weight is 477 g/mol. The van der Waals surface area contributed by atoms with Gasteiger partial charge in [-0.2, -0.15) is 10.4 Å². The summed E-state index contributed by atoms with van der Waals surface area (Å²) < 4.78 is 0. The summed E-state index contributed by atoms with van der Waals surface area (Å²) in [6.45, 7) is 10.7. The van der Waals surface area contributed by atoms with E-state index >= 15 is 0 Å². The van der Waals surface area contributed by atoms with E-state index in [2.05, 4.69) is 62.6 Å². The molecule has 3 aromatic rings. The smallest absolute Gasteiger partial charge is 0.157 e. The largest absolute Gasteiger partial charge is 0.369 e. The highest BCUT2D eigenvalue weighted by atomic mass is 35.5. The van der Waals surface area contributed by atoms with E-state index in [0.717, 1.165) is 53.0 Å². The quantitative estimate of drug-likeness (QED) is 0.544. The molecule has 0 aliphatic carbocycles. The lowest BCUT2D eigenvalue weighted by Gasteiger charge is -2.45. The molecule has 178 valence electrons. The Bertz CT molecular complexity index is 1220. The van der Waals surface area contributed by atoms with Crippen LogP contribution >= 0.6 is 12.4 Å². The number of fused-ring (bicyclic) bond motifs is 2. The number of piperazine rings is 1. The summed E-state index contributed by atoms with van der Waals surface area (Å²) in [6, 6.07) is 15.6. The van der Waals surface area contributed by atoms with Gasteiger partial charge < -0.3 is 10.2 Å². The van der Waals surface area contributed by atoms with Gasteiger partial charge in [0, 0.05) is 42.1 Å². The average Bonchev–Trinajstić information content (AvgIpc) is 2.85. The zero-order chi connectivity index (χ0) is 22.9. The van der Waals surface area contributed by atoms with Gasteiger partial charge in [-0.25, -0.2) is 0 Å². The number of rotatable bonds is 4. The Hall–Kier alpha value is -2.88. The van der Waals surface area contributed by atoms with E-state index in [0.29, 0.717) is 11.6 Å². The van der Waals surface area contributed by atoms with Gasteiger partial charge >= 0.3 is 0 Å². The van der Waals surface area contributed by atoms with Crippen molar-refractivity contribution in [1.82, 2.24) is 15.1 Å². The molecule has 0 amide bonds. The molecule has 2 aromatic carbocycles. The molecule has 5 rings (SSSR count). The minimum Gasteiger partial charge on any atom is -0.369 e. The third-order valence-electron chi connectivity index (χ3n) is 7.47. The van der Waals surface area contributed by atoms with Crippen molar-refractivity contribution in [1.29, 1.82) is 5.26 Å². The number of hydrogen-bond acceptors (Lipinski definition) is 6. The van der Waals surface area contributed by atoms with E-state index in [4.69, 9.17) is 0 Å². The minimum atomic E-state index is 0. The standard InChI is InChI=1S/C27H32N6.ClH/c1-18-21(16-28)7-6-9-24(18)19(2)29-27-26-15-22(10-11-25(26)20(3)30-31-27)33-14-13-32-12-5-4-8-23(32)17-33;/h6-7,9-11,15,19,23H,4-5,8,12-14,17H2,1-3H3,(H,29,31);1H/t19-,23-;/m1./s1. The summed E-state index contributed by atoms with van der Waals surface area (Å²) in [6.07, 6.45) is 3.99. The molecule has 34 heavy (non-hydrogen) atoms. The first-order chi connectivity index (χ1) is 16.0. The Labute approximate surface area is 208 Å². The van der Waals surface area contributed by atoms with Crippen LogP contribution in [0.15, 0.2) is 36.4 Å². The van der Waals surface area contributed by atoms with Crippen LogP contribution < -0.4 is 10.2 Å². The Morgan fingerprint density at radius 3 is 2.74 bits per heavy atom. The molecule has 2 aliphatic heterocycles. The van der Waals surface area contributed by atoms with Crippen LogP contribution in [0, 0.1) is 25.2 Å². The molecule has 6 nitrogen and oxygen atoms in total. The van der Waals surface area contributed by atoms with E-state index in [1.165, 1.54) is 31.5 Å². The van der Waals surface area contributed by atoms with Gasteiger partial charge in [0.2, 0.25) is 0 Å². The molecule has 1 N–H and O–H groups in total. The fraction of sp³-hybridized carbons (Fsp3) is 0.444. The molecule has 2 aliphatic rings. The molecule has 0 saturated carbocycles. The Morgan fingerprint density at radius 1 is 1.06 bits per heavy atom. The molecule has 3 heterocycles. The van der Waals surface area contributed by atoms with Crippen molar-refractivity contribution in [3.05, 3.63) is 58.8 Å². The summed E-state index contributed by atoms with van der Waals surface area (Å²) in [5.74, 6) is 0.794. The summed E-state index contributed by atoms with van der Waals surface area (Å²) in [7, 11) is 0. The van der Waals surface area contributed by atoms with Crippen LogP contribution in [0.4, 0.5) is 11.5 Å². The number of nitrogens with zero attached hydrogens (tertiary/aromatic N) is 5. The number of benzene rings is 2. The molecule has 2 saturated heterocycles. The fourth-order valence-corrected chi connectivity index (χ4v) is 5.50. The number of aryl methyl sites for hydroxylation is 1. The maximum atomic E-state index is 9.41. The van der Waals surface area contributed by atoms with Crippen LogP contribution in [0.2, 0.25) is 0 Å². The predicted octanol–water partition coefficient (Wildman–Crippen LogP) is 5.39. The molecule has 0 radical (unpaired) electrons. The first-order valence-electron chi connectivity index (χ1n) is 12.1. The van der Waals surface area contributed by atoms with E-state index in [-0.39, 0.29) is 18.4 Å². The number of nitrogens with one attached hydrogen (secondary N) is 1. The highest BCUT2D eigenvalue weighted by Gasteiger charge is 2.29. The highest BCUT2D eigenvalue weighted by molar-refractivity contribution is 5.95. The van der Waals surface area contributed by atoms with Crippen LogP contribution in [0.5, 0.6) is 0 Å². The van der Waals surface area contributed by atoms with Gasteiger partial charge in [-0.05, 0) is 69.5 Å². The van der Waals surface area contributed by atoms with Gasteiger partial charge in [-0.15, -0.1) is 17.5 Å². The van der Waals surface area contributed by atoms with Gasteiger partial charge in [0.1, 0.15) is 0 Å². The van der Waals surface area contributed by atoms with E-state index in [1.807, 2.05) is 26.0 Å². The topological polar surface area (TPSA) is 68.1 Å². The molecule has 7 heteroatoms. The first kappa shape index (κ1) is 24.3. The lowest BCUT2D eigenvalue weighted by molar-refractivity contribution is 0.133. The number of halogens is 1. The Balaban J connectivity index is 0.00000274. The second-order valence-corrected chi connectivity index (χ2v) is 9.49. The van der Waals surface area contributed by atoms with Crippen molar-refractivity contribution in [3.63, 3.8) is 0 Å². The molecule has 0 unspecified atom stereocenters. The van der Waals surface area contributed by atoms with Crippen molar-refractivity contribution in [2.45, 2.75) is 52.1 Å². The van der Waals surface area contributed by atoms with Crippen LogP contribution in [0.3, 0.4) is 0 Å². The SMILES string of the molecule is Cc1c(C#N)cccc1[C@@H](C)Nc1nnc(C)c2ccc(N3CCN4CCCC[C@@H]4C3)cc12.Cl. The molecular formula is C27H33ClN6. The molecule has 0 bridgehead atoms. The molecular weight excluding hydrogens is 444 g/mol. The molecule has 0 spiro atoms. The zero-order valence-electron chi connectivity index (χ0n) is 20.2. The predicted molar refractivity (Wildman–Crippen MR) is 141 cm³/mol. The zero-order valence-corrected chi connectivity index (χ0v) is 21.0. The van der Waals surface area contributed by atoms with E-state index in [9.17, 15) is 5.26 Å². The summed E-state index contributed by atoms with van der Waals surface area (Å²) >= 11 is 0. The van der Waals surface area contributed by atoms with Crippen LogP contribution in [-0.4, -0.2) is 47.3 Å². The monoisotopic (exact) mass is 476 g/mol. The summed E-state index contributed by atoms with van der Waals surface area (Å²) in [4.78, 5) is 5.21. The van der Waals surface area contributed by atoms with Gasteiger partial charge in [-0.1, -0.05) is 24.6 Å². The van der Waals surface area contributed by atoms with Crippen molar-refractivity contribution in [3.8, 4) is 6.07 Å². The first-order valence-corrected chi connectivity index (χ1v) is 12.1. The summed E-state index contributed by atoms with van der Waals surface area (Å²) in [5, 5.41) is 24.2. The Kier molecular flexibility index (Phi) is 7.25. The van der Waals surface area contributed by atoms with Crippen molar-refractivity contribution in [2.24, 2.45) is 0 Å². The van der Waals surface area contributed by atoms with Gasteiger partial charge in [0.05, 0.1) is 23.4 Å². The number of aromatic nitrogens is 2. The van der Waals surface area contributed by atoms with Crippen LogP contribution in [0.1, 0.15) is 54.6 Å². The highest BCUT2D eigenvalue weighted by Crippen LogP contribution is 2.32. The minimum absolute atomic E-state index is 0. The van der Waals surface area contributed by atoms with Crippen LogP contribution in [0.25, 0.3) is 10.8 Å². The normalized spacial score (nSPS) is 19.1. The lowest BCUT2D eigenvalue weighted by atomic mass is 9.98. The van der Waals surface area contributed by atoms with Crippen molar-refractivity contribution in [2.75, 3.05) is 36.4 Å². The van der Waals surface area contributed by atoms with E-state index < -0.39 is 0 Å². The number of nitriles is 1. The second kappa shape index (κ2) is 10.2.